The Morgan fingerprint density at radius 1 is 1.25 bits per heavy atom. The maximum atomic E-state index is 11.8. The first-order valence-electron chi connectivity index (χ1n) is 5.92. The van der Waals surface area contributed by atoms with E-state index in [-0.39, 0.29) is 17.8 Å². The quantitative estimate of drug-likeness (QED) is 0.801. The fourth-order valence-electron chi connectivity index (χ4n) is 1.99. The second-order valence-electron chi connectivity index (χ2n) is 4.28. The van der Waals surface area contributed by atoms with Crippen molar-refractivity contribution < 1.29 is 9.90 Å². The zero-order chi connectivity index (χ0) is 14.1. The molecule has 6 heteroatoms. The minimum Gasteiger partial charge on any atom is -0.476 e. The van der Waals surface area contributed by atoms with Gasteiger partial charge in [0.05, 0.1) is 6.54 Å². The highest BCUT2D eigenvalue weighted by molar-refractivity contribution is 7.17. The molecule has 2 aromatic heterocycles. The summed E-state index contributed by atoms with van der Waals surface area (Å²) in [5.41, 5.74) is 0.511. The molecule has 0 aliphatic heterocycles. The normalized spacial score (nSPS) is 10.8. The van der Waals surface area contributed by atoms with Crippen molar-refractivity contribution in [2.45, 2.75) is 6.54 Å². The largest absolute Gasteiger partial charge is 0.476 e. The van der Waals surface area contributed by atoms with Crippen molar-refractivity contribution in [2.75, 3.05) is 0 Å². The fourth-order valence-corrected chi connectivity index (χ4v) is 2.95. The lowest BCUT2D eigenvalue weighted by Gasteiger charge is -2.04. The molecule has 0 aliphatic carbocycles. The van der Waals surface area contributed by atoms with Gasteiger partial charge in [0.1, 0.15) is 0 Å². The Morgan fingerprint density at radius 2 is 2.05 bits per heavy atom. The van der Waals surface area contributed by atoms with Crippen LogP contribution in [0.15, 0.2) is 46.6 Å². The number of carbonyl (C=O) groups is 1. The number of aromatic carboxylic acids is 1. The zero-order valence-electron chi connectivity index (χ0n) is 10.3. The molecule has 1 N–H and O–H groups in total. The number of benzene rings is 1. The van der Waals surface area contributed by atoms with Crippen LogP contribution in [-0.4, -0.2) is 20.9 Å². The molecular formula is C14H10N2O3S. The highest BCUT2D eigenvalue weighted by Gasteiger charge is 2.09. The van der Waals surface area contributed by atoms with Gasteiger partial charge in [0.15, 0.2) is 5.69 Å². The molecule has 5 nitrogen and oxygen atoms in total. The molecule has 0 bridgehead atoms. The second-order valence-corrected chi connectivity index (χ2v) is 5.19. The van der Waals surface area contributed by atoms with Crippen LogP contribution < -0.4 is 5.56 Å². The van der Waals surface area contributed by atoms with Crippen molar-refractivity contribution >= 4 is 27.4 Å². The summed E-state index contributed by atoms with van der Waals surface area (Å²) in [7, 11) is 0. The lowest BCUT2D eigenvalue weighted by atomic mass is 10.2. The van der Waals surface area contributed by atoms with Crippen LogP contribution in [0, 0.1) is 0 Å². The van der Waals surface area contributed by atoms with Gasteiger partial charge in [-0.25, -0.2) is 9.48 Å². The first-order chi connectivity index (χ1) is 9.65. The fraction of sp³-hybridized carbons (Fsp3) is 0.0714. The Hall–Kier alpha value is -2.47. The number of thiophene rings is 1. The Kier molecular flexibility index (Phi) is 3.08. The third-order valence-corrected chi connectivity index (χ3v) is 3.98. The van der Waals surface area contributed by atoms with E-state index in [0.717, 1.165) is 15.6 Å². The summed E-state index contributed by atoms with van der Waals surface area (Å²) in [4.78, 5) is 22.7. The third-order valence-electron chi connectivity index (χ3n) is 2.97. The number of rotatable bonds is 3. The van der Waals surface area contributed by atoms with Crippen LogP contribution in [0.1, 0.15) is 16.1 Å². The molecule has 0 aliphatic rings. The van der Waals surface area contributed by atoms with Crippen LogP contribution in [0.25, 0.3) is 10.1 Å². The summed E-state index contributed by atoms with van der Waals surface area (Å²) in [6.07, 6.45) is 0. The summed E-state index contributed by atoms with van der Waals surface area (Å²) in [5.74, 6) is -1.14. The Balaban J connectivity index is 2.05. The van der Waals surface area contributed by atoms with Crippen molar-refractivity contribution in [3.05, 3.63) is 63.4 Å². The van der Waals surface area contributed by atoms with Gasteiger partial charge < -0.3 is 5.11 Å². The molecule has 0 saturated heterocycles. The summed E-state index contributed by atoms with van der Waals surface area (Å²) in [6.45, 7) is 0.268. The van der Waals surface area contributed by atoms with Gasteiger partial charge in [-0.1, -0.05) is 18.2 Å². The number of aromatic nitrogens is 2. The standard InChI is InChI=1S/C14H10N2O3S/c17-13-6-5-11(14(18)19)15-16(13)7-9-8-20-12-4-2-1-3-10(9)12/h1-6,8H,7H2,(H,18,19). The molecule has 0 spiro atoms. The molecule has 0 amide bonds. The Morgan fingerprint density at radius 3 is 2.85 bits per heavy atom. The molecule has 2 heterocycles. The van der Waals surface area contributed by atoms with E-state index >= 15 is 0 Å². The topological polar surface area (TPSA) is 72.2 Å². The number of hydrogen-bond donors (Lipinski definition) is 1. The van der Waals surface area contributed by atoms with E-state index in [4.69, 9.17) is 5.11 Å². The molecule has 1 aromatic carbocycles. The van der Waals surface area contributed by atoms with Crippen LogP contribution in [-0.2, 0) is 6.54 Å². The number of hydrogen-bond acceptors (Lipinski definition) is 4. The van der Waals surface area contributed by atoms with Gasteiger partial charge in [-0.05, 0) is 28.5 Å². The second kappa shape index (κ2) is 4.90. The predicted octanol–water partition coefficient (Wildman–Crippen LogP) is 2.20. The van der Waals surface area contributed by atoms with E-state index in [1.807, 2.05) is 29.6 Å². The average Bonchev–Trinajstić information content (AvgIpc) is 2.84. The number of fused-ring (bicyclic) bond motifs is 1. The van der Waals surface area contributed by atoms with Crippen molar-refractivity contribution in [1.29, 1.82) is 0 Å². The van der Waals surface area contributed by atoms with Crippen molar-refractivity contribution in [3.8, 4) is 0 Å². The molecule has 3 rings (SSSR count). The van der Waals surface area contributed by atoms with Crippen molar-refractivity contribution in [1.82, 2.24) is 9.78 Å². The minimum atomic E-state index is -1.14. The van der Waals surface area contributed by atoms with Crippen molar-refractivity contribution in [3.63, 3.8) is 0 Å². The maximum absolute atomic E-state index is 11.8. The SMILES string of the molecule is O=C(O)c1ccc(=O)n(Cc2csc3ccccc23)n1. The monoisotopic (exact) mass is 286 g/mol. The molecule has 3 aromatic rings. The summed E-state index contributed by atoms with van der Waals surface area (Å²) in [6, 6.07) is 10.3. The van der Waals surface area contributed by atoms with E-state index in [1.165, 1.54) is 16.8 Å². The van der Waals surface area contributed by atoms with E-state index in [9.17, 15) is 9.59 Å². The van der Waals surface area contributed by atoms with E-state index in [2.05, 4.69) is 5.10 Å². The van der Waals surface area contributed by atoms with Gasteiger partial charge >= 0.3 is 5.97 Å². The maximum Gasteiger partial charge on any atom is 0.356 e. The average molecular weight is 286 g/mol. The van der Waals surface area contributed by atoms with E-state index in [1.54, 1.807) is 11.3 Å². The molecule has 0 atom stereocenters. The van der Waals surface area contributed by atoms with Gasteiger partial charge in [-0.3, -0.25) is 4.79 Å². The highest BCUT2D eigenvalue weighted by atomic mass is 32.1. The molecule has 0 radical (unpaired) electrons. The molecule has 0 unspecified atom stereocenters. The number of carboxylic acid groups (broad SMARTS) is 1. The molecule has 100 valence electrons. The summed E-state index contributed by atoms with van der Waals surface area (Å²) < 4.78 is 2.31. The smallest absolute Gasteiger partial charge is 0.356 e. The van der Waals surface area contributed by atoms with Crippen LogP contribution in [0.2, 0.25) is 0 Å². The molecular weight excluding hydrogens is 276 g/mol. The molecule has 0 fully saturated rings. The Bertz CT molecular complexity index is 851. The third kappa shape index (κ3) is 2.21. The Labute approximate surface area is 117 Å². The first-order valence-corrected chi connectivity index (χ1v) is 6.80. The number of carboxylic acids is 1. The van der Waals surface area contributed by atoms with Gasteiger partial charge in [0.2, 0.25) is 0 Å². The van der Waals surface area contributed by atoms with E-state index in [0.29, 0.717) is 0 Å². The van der Waals surface area contributed by atoms with Crippen LogP contribution in [0.3, 0.4) is 0 Å². The van der Waals surface area contributed by atoms with Gasteiger partial charge in [0, 0.05) is 10.8 Å². The van der Waals surface area contributed by atoms with Crippen molar-refractivity contribution in [2.24, 2.45) is 0 Å². The predicted molar refractivity (Wildman–Crippen MR) is 76.4 cm³/mol. The van der Waals surface area contributed by atoms with Crippen LogP contribution in [0.4, 0.5) is 0 Å². The number of nitrogens with zero attached hydrogens (tertiary/aromatic N) is 2. The summed E-state index contributed by atoms with van der Waals surface area (Å²) in [5, 5.41) is 15.8. The molecule has 0 saturated carbocycles. The van der Waals surface area contributed by atoms with Crippen LogP contribution >= 0.6 is 11.3 Å². The van der Waals surface area contributed by atoms with E-state index < -0.39 is 5.97 Å². The van der Waals surface area contributed by atoms with Crippen LogP contribution in [0.5, 0.6) is 0 Å². The first kappa shape index (κ1) is 12.6. The minimum absolute atomic E-state index is 0.135. The zero-order valence-corrected chi connectivity index (χ0v) is 11.1. The van der Waals surface area contributed by atoms with Gasteiger partial charge in [-0.2, -0.15) is 5.10 Å². The highest BCUT2D eigenvalue weighted by Crippen LogP contribution is 2.25. The lowest BCUT2D eigenvalue weighted by Crippen LogP contribution is -2.24. The lowest BCUT2D eigenvalue weighted by molar-refractivity contribution is 0.0687. The van der Waals surface area contributed by atoms with Gasteiger partial charge in [0.25, 0.3) is 5.56 Å². The van der Waals surface area contributed by atoms with Gasteiger partial charge in [-0.15, -0.1) is 11.3 Å². The summed E-state index contributed by atoms with van der Waals surface area (Å²) >= 11 is 1.59. The molecule has 20 heavy (non-hydrogen) atoms.